The lowest BCUT2D eigenvalue weighted by Crippen LogP contribution is -2.29. The van der Waals surface area contributed by atoms with Crippen LogP contribution in [0.4, 0.5) is 0 Å². The molecule has 0 bridgehead atoms. The maximum atomic E-state index is 12.6. The van der Waals surface area contributed by atoms with Crippen molar-refractivity contribution in [2.75, 3.05) is 26.4 Å². The first kappa shape index (κ1) is 58.2. The van der Waals surface area contributed by atoms with Crippen molar-refractivity contribution in [3.63, 3.8) is 0 Å². The molecule has 10 heteroatoms. The molecule has 9 nitrogen and oxygen atoms in total. The first-order chi connectivity index (χ1) is 29.8. The summed E-state index contributed by atoms with van der Waals surface area (Å²) >= 11 is 0. The third-order valence-corrected chi connectivity index (χ3v) is 10.7. The summed E-state index contributed by atoms with van der Waals surface area (Å²) in [6.45, 7) is 3.56. The molecule has 0 saturated heterocycles. The zero-order chi connectivity index (χ0) is 44.6. The summed E-state index contributed by atoms with van der Waals surface area (Å²) in [4.78, 5) is 35.0. The van der Waals surface area contributed by atoms with E-state index in [-0.39, 0.29) is 32.6 Å². The molecular formula is C51H88NO8P. The number of phosphoric acid groups is 1. The van der Waals surface area contributed by atoms with Crippen molar-refractivity contribution in [2.24, 2.45) is 5.73 Å². The summed E-state index contributed by atoms with van der Waals surface area (Å²) in [5.41, 5.74) is 5.36. The van der Waals surface area contributed by atoms with Gasteiger partial charge in [-0.2, -0.15) is 0 Å². The fourth-order valence-corrected chi connectivity index (χ4v) is 6.99. The lowest BCUT2D eigenvalue weighted by atomic mass is 10.1. The molecule has 0 heterocycles. The van der Waals surface area contributed by atoms with E-state index in [9.17, 15) is 19.0 Å². The Kier molecular flexibility index (Phi) is 44.5. The van der Waals surface area contributed by atoms with Gasteiger partial charge >= 0.3 is 19.8 Å². The fourth-order valence-electron chi connectivity index (χ4n) is 6.22. The van der Waals surface area contributed by atoms with Crippen molar-refractivity contribution in [3.8, 4) is 0 Å². The highest BCUT2D eigenvalue weighted by Crippen LogP contribution is 2.43. The minimum atomic E-state index is -4.39. The molecule has 0 aliphatic carbocycles. The van der Waals surface area contributed by atoms with E-state index in [1.807, 2.05) is 0 Å². The predicted molar refractivity (Wildman–Crippen MR) is 256 cm³/mol. The van der Waals surface area contributed by atoms with Gasteiger partial charge in [0.25, 0.3) is 0 Å². The third kappa shape index (κ3) is 46.5. The zero-order valence-electron chi connectivity index (χ0n) is 38.6. The summed E-state index contributed by atoms with van der Waals surface area (Å²) < 4.78 is 32.8. The van der Waals surface area contributed by atoms with Gasteiger partial charge in [0.1, 0.15) is 6.61 Å². The van der Waals surface area contributed by atoms with Gasteiger partial charge in [0.15, 0.2) is 6.10 Å². The summed E-state index contributed by atoms with van der Waals surface area (Å²) in [7, 11) is -4.39. The largest absolute Gasteiger partial charge is 0.472 e. The average molecular weight is 874 g/mol. The highest BCUT2D eigenvalue weighted by molar-refractivity contribution is 7.47. The second-order valence-corrected chi connectivity index (χ2v) is 17.0. The molecule has 0 aromatic carbocycles. The van der Waals surface area contributed by atoms with Gasteiger partial charge in [0.05, 0.1) is 13.2 Å². The summed E-state index contributed by atoms with van der Waals surface area (Å²) in [5, 5.41) is 0. The molecular weight excluding hydrogens is 786 g/mol. The lowest BCUT2D eigenvalue weighted by Gasteiger charge is -2.19. The third-order valence-electron chi connectivity index (χ3n) is 9.77. The molecule has 0 aromatic heterocycles. The van der Waals surface area contributed by atoms with Crippen molar-refractivity contribution in [1.82, 2.24) is 0 Å². The monoisotopic (exact) mass is 874 g/mol. The Morgan fingerprint density at radius 1 is 0.508 bits per heavy atom. The van der Waals surface area contributed by atoms with Crippen LogP contribution in [0.2, 0.25) is 0 Å². The lowest BCUT2D eigenvalue weighted by molar-refractivity contribution is -0.161. The fraction of sp³-hybridized carbons (Fsp3) is 0.686. The van der Waals surface area contributed by atoms with E-state index in [1.165, 1.54) is 57.8 Å². The van der Waals surface area contributed by atoms with Gasteiger partial charge in [0, 0.05) is 19.4 Å². The van der Waals surface area contributed by atoms with E-state index in [1.54, 1.807) is 0 Å². The Bertz CT molecular complexity index is 1270. The summed E-state index contributed by atoms with van der Waals surface area (Å²) in [6.07, 6.45) is 59.0. The SMILES string of the molecule is CC/C=C\C/C=C\C/C=C\C/C=C\C/C=C\CCCCCCCCCCCC(=O)OC(COC(=O)CCCCCCC/C=C\C/C=C\CCCCC)COP(=O)(O)OCCN. The predicted octanol–water partition coefficient (Wildman–Crippen LogP) is 14.4. The number of phosphoric ester groups is 1. The molecule has 0 spiro atoms. The number of carbonyl (C=O) groups excluding carboxylic acids is 2. The average Bonchev–Trinajstić information content (AvgIpc) is 3.25. The maximum absolute atomic E-state index is 12.6. The Balaban J connectivity index is 4.11. The Morgan fingerprint density at radius 3 is 1.34 bits per heavy atom. The number of esters is 2. The van der Waals surface area contributed by atoms with Crippen molar-refractivity contribution in [1.29, 1.82) is 0 Å². The molecule has 0 aliphatic heterocycles. The Labute approximate surface area is 373 Å². The van der Waals surface area contributed by atoms with Crippen molar-refractivity contribution in [2.45, 2.75) is 200 Å². The van der Waals surface area contributed by atoms with E-state index in [4.69, 9.17) is 24.3 Å². The molecule has 0 aliphatic rings. The molecule has 0 radical (unpaired) electrons. The number of ether oxygens (including phenoxy) is 2. The Hall–Kier alpha value is -2.81. The smallest absolute Gasteiger partial charge is 0.462 e. The molecule has 0 rings (SSSR count). The van der Waals surface area contributed by atoms with Crippen LogP contribution in [-0.4, -0.2) is 49.3 Å². The molecule has 61 heavy (non-hydrogen) atoms. The molecule has 2 atom stereocenters. The van der Waals surface area contributed by atoms with Crippen LogP contribution >= 0.6 is 7.82 Å². The molecule has 0 saturated carbocycles. The highest BCUT2D eigenvalue weighted by atomic mass is 31.2. The van der Waals surface area contributed by atoms with Gasteiger partial charge in [0.2, 0.25) is 0 Å². The van der Waals surface area contributed by atoms with Crippen LogP contribution in [0.1, 0.15) is 194 Å². The van der Waals surface area contributed by atoms with Crippen molar-refractivity contribution < 1.29 is 37.6 Å². The highest BCUT2D eigenvalue weighted by Gasteiger charge is 2.26. The van der Waals surface area contributed by atoms with Crippen molar-refractivity contribution in [3.05, 3.63) is 85.1 Å². The summed E-state index contributed by atoms with van der Waals surface area (Å²) in [5.74, 6) is -0.856. The van der Waals surface area contributed by atoms with E-state index >= 15 is 0 Å². The number of nitrogens with two attached hydrogens (primary N) is 1. The van der Waals surface area contributed by atoms with Crippen molar-refractivity contribution >= 4 is 19.8 Å². The second-order valence-electron chi connectivity index (χ2n) is 15.6. The normalized spacial score (nSPS) is 14.0. The number of rotatable bonds is 44. The van der Waals surface area contributed by atoms with Crippen LogP contribution in [-0.2, 0) is 32.7 Å². The molecule has 2 unspecified atom stereocenters. The van der Waals surface area contributed by atoms with Crippen LogP contribution in [0.3, 0.4) is 0 Å². The quantitative estimate of drug-likeness (QED) is 0.0265. The minimum Gasteiger partial charge on any atom is -0.462 e. The van der Waals surface area contributed by atoms with Gasteiger partial charge < -0.3 is 20.1 Å². The number of hydrogen-bond donors (Lipinski definition) is 2. The van der Waals surface area contributed by atoms with Crippen LogP contribution in [0, 0.1) is 0 Å². The number of carbonyl (C=O) groups is 2. The van der Waals surface area contributed by atoms with Crippen LogP contribution in [0.15, 0.2) is 85.1 Å². The molecule has 0 amide bonds. The summed E-state index contributed by atoms with van der Waals surface area (Å²) in [6, 6.07) is 0. The van der Waals surface area contributed by atoms with E-state index < -0.39 is 32.5 Å². The number of allylic oxidation sites excluding steroid dienone is 14. The van der Waals surface area contributed by atoms with Gasteiger partial charge in [-0.25, -0.2) is 4.57 Å². The van der Waals surface area contributed by atoms with Crippen LogP contribution in [0.25, 0.3) is 0 Å². The first-order valence-corrected chi connectivity index (χ1v) is 25.6. The minimum absolute atomic E-state index is 0.0462. The Morgan fingerprint density at radius 2 is 0.902 bits per heavy atom. The van der Waals surface area contributed by atoms with Crippen LogP contribution < -0.4 is 5.73 Å². The molecule has 0 fully saturated rings. The van der Waals surface area contributed by atoms with Gasteiger partial charge in [-0.1, -0.05) is 176 Å². The van der Waals surface area contributed by atoms with E-state index in [0.717, 1.165) is 96.3 Å². The first-order valence-electron chi connectivity index (χ1n) is 24.1. The maximum Gasteiger partial charge on any atom is 0.472 e. The molecule has 3 N–H and O–H groups in total. The topological polar surface area (TPSA) is 134 Å². The van der Waals surface area contributed by atoms with E-state index in [0.29, 0.717) is 12.8 Å². The van der Waals surface area contributed by atoms with Crippen LogP contribution in [0.5, 0.6) is 0 Å². The molecule has 0 aromatic rings. The molecule has 350 valence electrons. The standard InChI is InChI=1S/C51H88NO8P/c1-3-5-7-9-11-13-15-17-19-20-21-22-23-24-25-26-27-28-30-32-34-36-38-40-42-44-51(54)60-49(48-59-61(55,56)58-46-45-52)47-57-50(53)43-41-39-37-35-33-31-29-18-16-14-12-10-8-6-4-2/h5,7,11-14,17-19,21-22,24-25,29,49H,3-4,6,8-10,15-16,20,23,26-28,30-48,52H2,1-2H3,(H,55,56)/b7-5-,13-11-,14-12-,19-17-,22-21-,25-24-,29-18-. The second kappa shape index (κ2) is 46.7. The number of hydrogen-bond acceptors (Lipinski definition) is 8. The van der Waals surface area contributed by atoms with Gasteiger partial charge in [-0.3, -0.25) is 18.6 Å². The van der Waals surface area contributed by atoms with Gasteiger partial charge in [-0.05, 0) is 89.9 Å². The zero-order valence-corrected chi connectivity index (χ0v) is 39.5. The van der Waals surface area contributed by atoms with Gasteiger partial charge in [-0.15, -0.1) is 0 Å². The number of unbranched alkanes of at least 4 members (excludes halogenated alkanes) is 17. The van der Waals surface area contributed by atoms with E-state index in [2.05, 4.69) is 98.9 Å².